The van der Waals surface area contributed by atoms with Crippen LogP contribution in [0, 0.1) is 11.3 Å². The Morgan fingerprint density at radius 2 is 2.26 bits per heavy atom. The Kier molecular flexibility index (Phi) is 4.49. The molecule has 2 rings (SSSR count). The summed E-state index contributed by atoms with van der Waals surface area (Å²) in [4.78, 5) is 17.9. The average molecular weight is 281 g/mol. The minimum atomic E-state index is -0.472. The van der Waals surface area contributed by atoms with Crippen molar-refractivity contribution < 1.29 is 4.79 Å². The van der Waals surface area contributed by atoms with E-state index in [4.69, 9.17) is 16.9 Å². The van der Waals surface area contributed by atoms with Gasteiger partial charge in [0.05, 0.1) is 6.04 Å². The van der Waals surface area contributed by atoms with E-state index in [0.717, 1.165) is 25.9 Å². The molecule has 0 aromatic carbocycles. The van der Waals surface area contributed by atoms with E-state index in [1.165, 1.54) is 11.3 Å². The summed E-state index contributed by atoms with van der Waals surface area (Å²) in [5, 5.41) is 9.65. The van der Waals surface area contributed by atoms with Gasteiger partial charge in [0.1, 0.15) is 0 Å². The highest BCUT2D eigenvalue weighted by Gasteiger charge is 2.25. The van der Waals surface area contributed by atoms with E-state index in [2.05, 4.69) is 4.98 Å². The molecule has 2 heterocycles. The molecule has 1 fully saturated rings. The Morgan fingerprint density at radius 3 is 2.79 bits per heavy atom. The number of likely N-dealkylation sites (tertiary alicyclic amines) is 1. The van der Waals surface area contributed by atoms with Crippen LogP contribution < -0.4 is 11.5 Å². The van der Waals surface area contributed by atoms with Crippen molar-refractivity contribution in [3.05, 3.63) is 16.6 Å². The van der Waals surface area contributed by atoms with Crippen LogP contribution >= 0.6 is 11.3 Å². The lowest BCUT2D eigenvalue weighted by Crippen LogP contribution is -2.43. The minimum absolute atomic E-state index is 0.0657. The molecule has 1 unspecified atom stereocenters. The van der Waals surface area contributed by atoms with Crippen molar-refractivity contribution in [1.29, 1.82) is 5.41 Å². The van der Waals surface area contributed by atoms with Gasteiger partial charge in [0.15, 0.2) is 11.0 Å². The number of carbonyl (C=O) groups excluding carboxylic acids is 1. The summed E-state index contributed by atoms with van der Waals surface area (Å²) in [5.41, 5.74) is 11.4. The Morgan fingerprint density at radius 1 is 1.58 bits per heavy atom. The zero-order valence-electron chi connectivity index (χ0n) is 10.7. The van der Waals surface area contributed by atoms with Gasteiger partial charge in [0.2, 0.25) is 5.78 Å². The number of nitrogens with one attached hydrogen (secondary N) is 1. The second kappa shape index (κ2) is 6.12. The average Bonchev–Trinajstić information content (AvgIpc) is 2.92. The summed E-state index contributed by atoms with van der Waals surface area (Å²) >= 11 is 1.33. The van der Waals surface area contributed by atoms with Gasteiger partial charge in [-0.2, -0.15) is 0 Å². The third-order valence-electron chi connectivity index (χ3n) is 3.52. The van der Waals surface area contributed by atoms with Gasteiger partial charge in [-0.25, -0.2) is 4.98 Å². The van der Waals surface area contributed by atoms with Crippen LogP contribution in [0.15, 0.2) is 11.6 Å². The number of guanidine groups is 1. The third kappa shape index (κ3) is 3.51. The molecule has 104 valence electrons. The van der Waals surface area contributed by atoms with Crippen molar-refractivity contribution in [3.63, 3.8) is 0 Å². The fraction of sp³-hybridized carbons (Fsp3) is 0.583. The van der Waals surface area contributed by atoms with Crippen molar-refractivity contribution in [2.24, 2.45) is 17.4 Å². The molecule has 1 atom stereocenters. The summed E-state index contributed by atoms with van der Waals surface area (Å²) < 4.78 is 0. The first kappa shape index (κ1) is 14.0. The van der Waals surface area contributed by atoms with Gasteiger partial charge in [0, 0.05) is 24.7 Å². The van der Waals surface area contributed by atoms with E-state index < -0.39 is 6.04 Å². The topological polar surface area (TPSA) is 109 Å². The Balaban J connectivity index is 1.82. The zero-order chi connectivity index (χ0) is 13.8. The van der Waals surface area contributed by atoms with Gasteiger partial charge >= 0.3 is 0 Å². The minimum Gasteiger partial charge on any atom is -0.370 e. The molecule has 0 bridgehead atoms. The molecule has 19 heavy (non-hydrogen) atoms. The first-order valence-corrected chi connectivity index (χ1v) is 7.24. The number of hydrogen-bond acceptors (Lipinski definition) is 5. The van der Waals surface area contributed by atoms with Gasteiger partial charge in [-0.1, -0.05) is 0 Å². The number of rotatable bonds is 4. The van der Waals surface area contributed by atoms with E-state index in [9.17, 15) is 4.79 Å². The van der Waals surface area contributed by atoms with E-state index in [1.807, 2.05) is 4.90 Å². The second-order valence-electron chi connectivity index (χ2n) is 4.86. The number of nitrogens with zero attached hydrogens (tertiary/aromatic N) is 2. The monoisotopic (exact) mass is 281 g/mol. The number of hydrogen-bond donors (Lipinski definition) is 3. The Bertz CT molecular complexity index is 439. The molecule has 1 saturated heterocycles. The zero-order valence-corrected chi connectivity index (χ0v) is 11.5. The predicted molar refractivity (Wildman–Crippen MR) is 75.2 cm³/mol. The summed E-state index contributed by atoms with van der Waals surface area (Å²) in [7, 11) is 0. The summed E-state index contributed by atoms with van der Waals surface area (Å²) in [5.74, 6) is 0.486. The van der Waals surface area contributed by atoms with Crippen LogP contribution in [0.25, 0.3) is 0 Å². The lowest BCUT2D eigenvalue weighted by molar-refractivity contribution is 0.0940. The maximum atomic E-state index is 12.0. The van der Waals surface area contributed by atoms with Crippen LogP contribution in [0.4, 0.5) is 0 Å². The molecule has 1 aromatic heterocycles. The lowest BCUT2D eigenvalue weighted by atomic mass is 9.89. The summed E-state index contributed by atoms with van der Waals surface area (Å²) in [6.45, 7) is 1.55. The predicted octanol–water partition coefficient (Wildman–Crippen LogP) is 0.649. The van der Waals surface area contributed by atoms with Crippen molar-refractivity contribution >= 4 is 23.1 Å². The number of Topliss-reactive ketones (excluding diaryl/α,β-unsaturated/α-hetero) is 1. The molecule has 0 aliphatic carbocycles. The first-order chi connectivity index (χ1) is 9.08. The van der Waals surface area contributed by atoms with Crippen molar-refractivity contribution in [2.75, 3.05) is 13.1 Å². The van der Waals surface area contributed by atoms with Crippen molar-refractivity contribution in [2.45, 2.75) is 25.3 Å². The molecule has 0 saturated carbocycles. The van der Waals surface area contributed by atoms with E-state index in [1.54, 1.807) is 11.6 Å². The number of ketones is 1. The molecule has 1 aliphatic rings. The molecule has 0 amide bonds. The number of aromatic nitrogens is 1. The van der Waals surface area contributed by atoms with Crippen molar-refractivity contribution in [3.8, 4) is 0 Å². The van der Waals surface area contributed by atoms with Crippen LogP contribution in [-0.4, -0.2) is 40.8 Å². The third-order valence-corrected chi connectivity index (χ3v) is 4.31. The standard InChI is InChI=1S/C12H19N5OS/c13-9(10(18)11-16-3-6-19-11)7-8-1-4-17(5-2-8)12(14)15/h3,6,8-9H,1-2,4-5,7,13H2,(H3,14,15). The summed E-state index contributed by atoms with van der Waals surface area (Å²) in [6.07, 6.45) is 4.16. The van der Waals surface area contributed by atoms with E-state index in [0.29, 0.717) is 17.3 Å². The summed E-state index contributed by atoms with van der Waals surface area (Å²) in [6, 6.07) is -0.472. The van der Waals surface area contributed by atoms with Gasteiger partial charge < -0.3 is 16.4 Å². The number of piperidine rings is 1. The SMILES string of the molecule is N=C(N)N1CCC(CC(N)C(=O)c2nccs2)CC1. The normalized spacial score (nSPS) is 18.3. The van der Waals surface area contributed by atoms with Crippen LogP contribution in [0.1, 0.15) is 29.1 Å². The fourth-order valence-electron chi connectivity index (χ4n) is 2.38. The molecule has 1 aromatic rings. The van der Waals surface area contributed by atoms with Gasteiger partial charge in [-0.15, -0.1) is 11.3 Å². The molecule has 6 nitrogen and oxygen atoms in total. The molecular formula is C12H19N5OS. The molecule has 0 spiro atoms. The lowest BCUT2D eigenvalue weighted by Gasteiger charge is -2.32. The maximum absolute atomic E-state index is 12.0. The van der Waals surface area contributed by atoms with Gasteiger partial charge in [-0.05, 0) is 25.2 Å². The highest BCUT2D eigenvalue weighted by Crippen LogP contribution is 2.22. The first-order valence-electron chi connectivity index (χ1n) is 6.36. The molecular weight excluding hydrogens is 262 g/mol. The second-order valence-corrected chi connectivity index (χ2v) is 5.75. The molecule has 5 N–H and O–H groups in total. The number of nitrogens with two attached hydrogens (primary N) is 2. The van der Waals surface area contributed by atoms with Gasteiger partial charge in [0.25, 0.3) is 0 Å². The fourth-order valence-corrected chi connectivity index (χ4v) is 3.02. The van der Waals surface area contributed by atoms with Crippen LogP contribution in [0.5, 0.6) is 0 Å². The largest absolute Gasteiger partial charge is 0.370 e. The maximum Gasteiger partial charge on any atom is 0.207 e. The Labute approximate surface area is 116 Å². The molecule has 0 radical (unpaired) electrons. The highest BCUT2D eigenvalue weighted by molar-refractivity contribution is 7.11. The van der Waals surface area contributed by atoms with Crippen molar-refractivity contribution in [1.82, 2.24) is 9.88 Å². The van der Waals surface area contributed by atoms with E-state index in [-0.39, 0.29) is 11.7 Å². The quantitative estimate of drug-likeness (QED) is 0.426. The smallest absolute Gasteiger partial charge is 0.207 e. The Hall–Kier alpha value is -1.47. The molecule has 1 aliphatic heterocycles. The van der Waals surface area contributed by atoms with Crippen LogP contribution in [0.3, 0.4) is 0 Å². The van der Waals surface area contributed by atoms with E-state index >= 15 is 0 Å². The van der Waals surface area contributed by atoms with Crippen LogP contribution in [-0.2, 0) is 0 Å². The van der Waals surface area contributed by atoms with Gasteiger partial charge in [-0.3, -0.25) is 10.2 Å². The number of thiazole rings is 1. The molecule has 7 heteroatoms. The number of carbonyl (C=O) groups is 1. The van der Waals surface area contributed by atoms with Crippen LogP contribution in [0.2, 0.25) is 0 Å². The highest BCUT2D eigenvalue weighted by atomic mass is 32.1.